The Balaban J connectivity index is 2.12. The van der Waals surface area contributed by atoms with Gasteiger partial charge in [0.25, 0.3) is 0 Å². The molecule has 1 aromatic carbocycles. The lowest BCUT2D eigenvalue weighted by atomic mass is 10.0. The second-order valence-corrected chi connectivity index (χ2v) is 5.37. The Hall–Kier alpha value is -1.51. The first kappa shape index (κ1) is 12.9. The van der Waals surface area contributed by atoms with Crippen LogP contribution in [0.1, 0.15) is 43.9 Å². The maximum atomic E-state index is 12.1. The number of aryl methyl sites for hydroxylation is 1. The van der Waals surface area contributed by atoms with Crippen LogP contribution in [-0.2, 0) is 0 Å². The van der Waals surface area contributed by atoms with Gasteiger partial charge in [0.2, 0.25) is 0 Å². The van der Waals surface area contributed by atoms with Crippen LogP contribution in [0.2, 0.25) is 0 Å². The van der Waals surface area contributed by atoms with E-state index in [4.69, 9.17) is 0 Å². The van der Waals surface area contributed by atoms with E-state index in [9.17, 15) is 4.79 Å². The zero-order chi connectivity index (χ0) is 13.1. The Bertz CT molecular complexity index is 411. The summed E-state index contributed by atoms with van der Waals surface area (Å²) in [6, 6.07) is 9.01. The summed E-state index contributed by atoms with van der Waals surface area (Å²) in [4.78, 5) is 14.1. The summed E-state index contributed by atoms with van der Waals surface area (Å²) in [5, 5.41) is 2.98. The number of rotatable bonds is 2. The smallest absolute Gasteiger partial charge is 0.318 e. The van der Waals surface area contributed by atoms with Crippen molar-refractivity contribution in [3.05, 3.63) is 35.4 Å². The number of hydrogen-bond donors (Lipinski definition) is 1. The SMILES string of the molecule is Cc1ccc([C@@H]2CCCN2C(=O)NC(C)C)cc1. The number of likely N-dealkylation sites (tertiary alicyclic amines) is 1. The minimum atomic E-state index is 0.0630. The summed E-state index contributed by atoms with van der Waals surface area (Å²) in [6.45, 7) is 6.93. The lowest BCUT2D eigenvalue weighted by Gasteiger charge is -2.26. The first-order valence-corrected chi connectivity index (χ1v) is 6.71. The number of nitrogens with zero attached hydrogens (tertiary/aromatic N) is 1. The Labute approximate surface area is 109 Å². The van der Waals surface area contributed by atoms with E-state index in [0.717, 1.165) is 19.4 Å². The quantitative estimate of drug-likeness (QED) is 0.853. The summed E-state index contributed by atoms with van der Waals surface area (Å²) in [5.41, 5.74) is 2.51. The Morgan fingerprint density at radius 2 is 2.00 bits per heavy atom. The topological polar surface area (TPSA) is 32.3 Å². The van der Waals surface area contributed by atoms with Gasteiger partial charge in [0.15, 0.2) is 0 Å². The second-order valence-electron chi connectivity index (χ2n) is 5.37. The molecule has 2 rings (SSSR count). The van der Waals surface area contributed by atoms with Crippen LogP contribution in [-0.4, -0.2) is 23.5 Å². The van der Waals surface area contributed by atoms with Crippen molar-refractivity contribution in [1.82, 2.24) is 10.2 Å². The Morgan fingerprint density at radius 1 is 1.33 bits per heavy atom. The highest BCUT2D eigenvalue weighted by Gasteiger charge is 2.29. The van der Waals surface area contributed by atoms with Crippen LogP contribution in [0.25, 0.3) is 0 Å². The number of carbonyl (C=O) groups is 1. The van der Waals surface area contributed by atoms with Crippen molar-refractivity contribution in [3.63, 3.8) is 0 Å². The van der Waals surface area contributed by atoms with Crippen LogP contribution in [0.5, 0.6) is 0 Å². The van der Waals surface area contributed by atoms with Crippen LogP contribution in [0.4, 0.5) is 4.79 Å². The third kappa shape index (κ3) is 2.84. The van der Waals surface area contributed by atoms with Crippen LogP contribution >= 0.6 is 0 Å². The molecule has 1 aromatic rings. The number of carbonyl (C=O) groups excluding carboxylic acids is 1. The van der Waals surface area contributed by atoms with Gasteiger partial charge in [0.05, 0.1) is 6.04 Å². The summed E-state index contributed by atoms with van der Waals surface area (Å²) in [7, 11) is 0. The van der Waals surface area contributed by atoms with Gasteiger partial charge in [-0.05, 0) is 39.2 Å². The van der Waals surface area contributed by atoms with E-state index in [2.05, 4.69) is 36.5 Å². The van der Waals surface area contributed by atoms with Crippen LogP contribution in [0.3, 0.4) is 0 Å². The fourth-order valence-corrected chi connectivity index (χ4v) is 2.47. The highest BCUT2D eigenvalue weighted by Crippen LogP contribution is 2.31. The normalized spacial score (nSPS) is 19.3. The first-order chi connectivity index (χ1) is 8.58. The maximum absolute atomic E-state index is 12.1. The molecule has 0 aliphatic carbocycles. The predicted octanol–water partition coefficient (Wildman–Crippen LogP) is 3.25. The van der Waals surface area contributed by atoms with E-state index in [1.54, 1.807) is 0 Å². The molecule has 1 aliphatic heterocycles. The molecule has 0 saturated carbocycles. The largest absolute Gasteiger partial charge is 0.336 e. The molecule has 1 N–H and O–H groups in total. The van der Waals surface area contributed by atoms with Gasteiger partial charge in [-0.25, -0.2) is 4.79 Å². The molecular formula is C15H22N2O. The van der Waals surface area contributed by atoms with E-state index in [-0.39, 0.29) is 18.1 Å². The Morgan fingerprint density at radius 3 is 2.61 bits per heavy atom. The molecule has 3 heteroatoms. The molecule has 1 saturated heterocycles. The van der Waals surface area contributed by atoms with Gasteiger partial charge in [0.1, 0.15) is 0 Å². The van der Waals surface area contributed by atoms with Gasteiger partial charge in [-0.3, -0.25) is 0 Å². The maximum Gasteiger partial charge on any atom is 0.318 e. The summed E-state index contributed by atoms with van der Waals surface area (Å²) < 4.78 is 0. The van der Waals surface area contributed by atoms with Crippen molar-refractivity contribution in [2.75, 3.05) is 6.54 Å². The molecule has 1 atom stereocenters. The molecule has 3 nitrogen and oxygen atoms in total. The monoisotopic (exact) mass is 246 g/mol. The molecule has 1 aliphatic rings. The third-order valence-corrected chi connectivity index (χ3v) is 3.39. The van der Waals surface area contributed by atoms with E-state index >= 15 is 0 Å². The highest BCUT2D eigenvalue weighted by molar-refractivity contribution is 5.75. The molecule has 2 amide bonds. The van der Waals surface area contributed by atoms with E-state index < -0.39 is 0 Å². The van der Waals surface area contributed by atoms with Crippen molar-refractivity contribution >= 4 is 6.03 Å². The van der Waals surface area contributed by atoms with Gasteiger partial charge in [-0.15, -0.1) is 0 Å². The average Bonchev–Trinajstić information content (AvgIpc) is 2.78. The number of amides is 2. The van der Waals surface area contributed by atoms with Crippen molar-refractivity contribution in [3.8, 4) is 0 Å². The molecular weight excluding hydrogens is 224 g/mol. The number of nitrogens with one attached hydrogen (secondary N) is 1. The number of benzene rings is 1. The van der Waals surface area contributed by atoms with Gasteiger partial charge in [-0.2, -0.15) is 0 Å². The minimum absolute atomic E-state index is 0.0630. The van der Waals surface area contributed by atoms with Crippen molar-refractivity contribution in [1.29, 1.82) is 0 Å². The van der Waals surface area contributed by atoms with Gasteiger partial charge in [-0.1, -0.05) is 29.8 Å². The van der Waals surface area contributed by atoms with E-state index in [1.807, 2.05) is 18.7 Å². The highest BCUT2D eigenvalue weighted by atomic mass is 16.2. The van der Waals surface area contributed by atoms with E-state index in [1.165, 1.54) is 11.1 Å². The van der Waals surface area contributed by atoms with E-state index in [0.29, 0.717) is 0 Å². The third-order valence-electron chi connectivity index (χ3n) is 3.39. The predicted molar refractivity (Wildman–Crippen MR) is 73.5 cm³/mol. The Kier molecular flexibility index (Phi) is 3.90. The van der Waals surface area contributed by atoms with Crippen molar-refractivity contribution in [2.45, 2.75) is 45.7 Å². The summed E-state index contributed by atoms with van der Waals surface area (Å²) in [5.74, 6) is 0. The zero-order valence-corrected chi connectivity index (χ0v) is 11.4. The first-order valence-electron chi connectivity index (χ1n) is 6.71. The molecule has 0 unspecified atom stereocenters. The van der Waals surface area contributed by atoms with Gasteiger partial charge in [0, 0.05) is 12.6 Å². The molecule has 0 aromatic heterocycles. The van der Waals surface area contributed by atoms with Crippen molar-refractivity contribution < 1.29 is 4.79 Å². The summed E-state index contributed by atoms with van der Waals surface area (Å²) in [6.07, 6.45) is 2.15. The number of urea groups is 1. The lowest BCUT2D eigenvalue weighted by molar-refractivity contribution is 0.190. The standard InChI is InChI=1S/C15H22N2O/c1-11(2)16-15(18)17-10-4-5-14(17)13-8-6-12(3)7-9-13/h6-9,11,14H,4-5,10H2,1-3H3,(H,16,18)/t14-/m0/s1. The lowest BCUT2D eigenvalue weighted by Crippen LogP contribution is -2.42. The van der Waals surface area contributed by atoms with Crippen molar-refractivity contribution in [2.24, 2.45) is 0 Å². The molecule has 0 spiro atoms. The molecule has 1 heterocycles. The molecule has 0 radical (unpaired) electrons. The van der Waals surface area contributed by atoms with Crippen LogP contribution in [0, 0.1) is 6.92 Å². The molecule has 1 fully saturated rings. The van der Waals surface area contributed by atoms with Crippen LogP contribution in [0.15, 0.2) is 24.3 Å². The zero-order valence-electron chi connectivity index (χ0n) is 11.4. The summed E-state index contributed by atoms with van der Waals surface area (Å²) >= 11 is 0. The van der Waals surface area contributed by atoms with Crippen LogP contribution < -0.4 is 5.32 Å². The number of hydrogen-bond acceptors (Lipinski definition) is 1. The fraction of sp³-hybridized carbons (Fsp3) is 0.533. The minimum Gasteiger partial charge on any atom is -0.336 e. The fourth-order valence-electron chi connectivity index (χ4n) is 2.47. The van der Waals surface area contributed by atoms with Gasteiger partial charge < -0.3 is 10.2 Å². The molecule has 0 bridgehead atoms. The van der Waals surface area contributed by atoms with Gasteiger partial charge >= 0.3 is 6.03 Å². The average molecular weight is 246 g/mol. The molecule has 18 heavy (non-hydrogen) atoms. The second kappa shape index (κ2) is 5.42. The molecule has 98 valence electrons.